The molecule has 146 valence electrons. The predicted octanol–water partition coefficient (Wildman–Crippen LogP) is 4.35. The molecule has 0 amide bonds. The molecule has 0 unspecified atom stereocenters. The van der Waals surface area contributed by atoms with Crippen molar-refractivity contribution in [2.75, 3.05) is 6.61 Å². The fraction of sp³-hybridized carbons (Fsp3) is 0.444. The summed E-state index contributed by atoms with van der Waals surface area (Å²) >= 11 is 0. The van der Waals surface area contributed by atoms with Crippen LogP contribution in [0.4, 0.5) is 8.78 Å². The number of ether oxygens (including phenoxy) is 2. The molecule has 9 heteroatoms. The Morgan fingerprint density at radius 1 is 1.19 bits per heavy atom. The predicted molar refractivity (Wildman–Crippen MR) is 103 cm³/mol. The van der Waals surface area contributed by atoms with E-state index in [1.165, 1.54) is 4.68 Å². The van der Waals surface area contributed by atoms with Gasteiger partial charge in [-0.25, -0.2) is 4.98 Å². The highest BCUT2D eigenvalue weighted by Crippen LogP contribution is 2.35. The van der Waals surface area contributed by atoms with Crippen LogP contribution in [0.25, 0.3) is 22.2 Å². The van der Waals surface area contributed by atoms with Gasteiger partial charge in [-0.2, -0.15) is 8.78 Å². The number of alkyl halides is 2. The normalized spacial score (nSPS) is 12.3. The first-order valence-corrected chi connectivity index (χ1v) is 12.5. The Balaban J connectivity index is 1.91. The highest BCUT2D eigenvalue weighted by molar-refractivity contribution is 6.76. The Hall–Kier alpha value is -2.26. The zero-order valence-electron chi connectivity index (χ0n) is 15.9. The van der Waals surface area contributed by atoms with E-state index in [4.69, 9.17) is 4.74 Å². The summed E-state index contributed by atoms with van der Waals surface area (Å²) in [7, 11) is 0.500. The van der Waals surface area contributed by atoms with E-state index in [-0.39, 0.29) is 5.88 Å². The second kappa shape index (κ2) is 7.77. The van der Waals surface area contributed by atoms with E-state index in [1.54, 1.807) is 19.4 Å². The molecule has 0 aliphatic rings. The molecule has 0 aliphatic heterocycles. The topological polar surface area (TPSA) is 54.1 Å². The Morgan fingerprint density at radius 3 is 2.67 bits per heavy atom. The van der Waals surface area contributed by atoms with Crippen molar-refractivity contribution in [2.24, 2.45) is 7.05 Å². The maximum atomic E-state index is 12.7. The molecule has 3 heterocycles. The van der Waals surface area contributed by atoms with Gasteiger partial charge in [0.1, 0.15) is 12.4 Å². The molecule has 6 nitrogen and oxygen atoms in total. The summed E-state index contributed by atoms with van der Waals surface area (Å²) in [5, 5.41) is 4.84. The van der Waals surface area contributed by atoms with Crippen LogP contribution in [0.1, 0.15) is 0 Å². The lowest BCUT2D eigenvalue weighted by Crippen LogP contribution is -2.22. The van der Waals surface area contributed by atoms with Gasteiger partial charge in [-0.1, -0.05) is 19.6 Å². The number of halogens is 2. The van der Waals surface area contributed by atoms with E-state index < -0.39 is 14.7 Å². The van der Waals surface area contributed by atoms with E-state index in [0.29, 0.717) is 18.9 Å². The van der Waals surface area contributed by atoms with Gasteiger partial charge in [-0.3, -0.25) is 4.68 Å². The number of hydrogen-bond donors (Lipinski definition) is 0. The van der Waals surface area contributed by atoms with Crippen LogP contribution >= 0.6 is 0 Å². The van der Waals surface area contributed by atoms with E-state index in [9.17, 15) is 8.78 Å². The van der Waals surface area contributed by atoms with Crippen LogP contribution in [0.5, 0.6) is 5.88 Å². The van der Waals surface area contributed by atoms with Crippen LogP contribution in [0.2, 0.25) is 25.7 Å². The number of rotatable bonds is 8. The first kappa shape index (κ1) is 19.5. The van der Waals surface area contributed by atoms with Crippen molar-refractivity contribution < 1.29 is 18.3 Å². The van der Waals surface area contributed by atoms with E-state index in [0.717, 1.165) is 22.6 Å². The summed E-state index contributed by atoms with van der Waals surface area (Å²) < 4.78 is 39.3. The number of fused-ring (bicyclic) bond motifs is 1. The maximum Gasteiger partial charge on any atom is 0.388 e. The molecular formula is C18H24F2N4O2Si. The molecule has 3 rings (SSSR count). The number of nitrogens with zero attached hydrogens (tertiary/aromatic N) is 4. The highest BCUT2D eigenvalue weighted by atomic mass is 28.3. The second-order valence-corrected chi connectivity index (χ2v) is 13.3. The van der Waals surface area contributed by atoms with Gasteiger partial charge in [-0.15, -0.1) is 5.10 Å². The van der Waals surface area contributed by atoms with Gasteiger partial charge in [0.2, 0.25) is 5.88 Å². The molecule has 0 aromatic carbocycles. The van der Waals surface area contributed by atoms with Crippen LogP contribution in [0.3, 0.4) is 0 Å². The van der Waals surface area contributed by atoms with E-state index >= 15 is 0 Å². The molecule has 27 heavy (non-hydrogen) atoms. The summed E-state index contributed by atoms with van der Waals surface area (Å²) in [6.07, 6.45) is 5.21. The summed E-state index contributed by atoms with van der Waals surface area (Å²) in [5.74, 6) is -0.102. The molecule has 0 atom stereocenters. The van der Waals surface area contributed by atoms with Gasteiger partial charge >= 0.3 is 6.61 Å². The lowest BCUT2D eigenvalue weighted by atomic mass is 10.1. The third-order valence-electron chi connectivity index (χ3n) is 4.15. The average molecular weight is 394 g/mol. The smallest absolute Gasteiger partial charge is 0.388 e. The van der Waals surface area contributed by atoms with Crippen LogP contribution < -0.4 is 4.74 Å². The zero-order valence-corrected chi connectivity index (χ0v) is 16.9. The maximum absolute atomic E-state index is 12.7. The first-order valence-electron chi connectivity index (χ1n) is 8.75. The lowest BCUT2D eigenvalue weighted by molar-refractivity contribution is -0.0527. The first-order chi connectivity index (χ1) is 12.7. The lowest BCUT2D eigenvalue weighted by Gasteiger charge is -2.15. The fourth-order valence-corrected chi connectivity index (χ4v) is 3.56. The summed E-state index contributed by atoms with van der Waals surface area (Å²) in [6.45, 7) is 5.00. The molecule has 3 aromatic heterocycles. The fourth-order valence-electron chi connectivity index (χ4n) is 2.80. The minimum atomic E-state index is -2.94. The zero-order chi connectivity index (χ0) is 19.6. The quantitative estimate of drug-likeness (QED) is 0.421. The molecule has 0 fully saturated rings. The molecule has 0 saturated heterocycles. The standard InChI is InChI=1S/C18H24F2N4O2Si/c1-23-10-15(17(22-23)26-18(19)20)14-11-24(12-25-8-9-27(2,3)4)16-13(14)6-5-7-21-16/h5-7,10-11,18H,8-9,12H2,1-4H3. The van der Waals surface area contributed by atoms with Crippen LogP contribution in [-0.2, 0) is 18.5 Å². The van der Waals surface area contributed by atoms with Crippen molar-refractivity contribution in [3.63, 3.8) is 0 Å². The largest absolute Gasteiger partial charge is 0.415 e. The van der Waals surface area contributed by atoms with E-state index in [1.807, 2.05) is 22.9 Å². The van der Waals surface area contributed by atoms with Gasteiger partial charge in [0.15, 0.2) is 0 Å². The van der Waals surface area contributed by atoms with E-state index in [2.05, 4.69) is 34.5 Å². The number of aryl methyl sites for hydroxylation is 1. The molecule has 0 radical (unpaired) electrons. The summed E-state index contributed by atoms with van der Waals surface area (Å²) in [5.41, 5.74) is 1.96. The number of aromatic nitrogens is 4. The molecule has 3 aromatic rings. The van der Waals surface area contributed by atoms with Gasteiger partial charge < -0.3 is 14.0 Å². The second-order valence-electron chi connectivity index (χ2n) is 7.64. The Bertz CT molecular complexity index is 918. The van der Waals surface area contributed by atoms with Crippen molar-refractivity contribution >= 4 is 19.1 Å². The van der Waals surface area contributed by atoms with Crippen LogP contribution in [0, 0.1) is 0 Å². The number of hydrogen-bond acceptors (Lipinski definition) is 4. The van der Waals surface area contributed by atoms with Crippen molar-refractivity contribution in [1.82, 2.24) is 19.3 Å². The molecule has 0 spiro atoms. The van der Waals surface area contributed by atoms with Gasteiger partial charge in [0.05, 0.1) is 5.56 Å². The van der Waals surface area contributed by atoms with Crippen LogP contribution in [-0.4, -0.2) is 40.6 Å². The molecule has 0 N–H and O–H groups in total. The Morgan fingerprint density at radius 2 is 1.96 bits per heavy atom. The molecular weight excluding hydrogens is 370 g/mol. The minimum Gasteiger partial charge on any atom is -0.415 e. The van der Waals surface area contributed by atoms with Gasteiger partial charge in [0.25, 0.3) is 0 Å². The monoisotopic (exact) mass is 394 g/mol. The molecule has 0 aliphatic carbocycles. The van der Waals surface area contributed by atoms with Gasteiger partial charge in [-0.05, 0) is 18.2 Å². The Labute approximate surface area is 157 Å². The van der Waals surface area contributed by atoms with Crippen molar-refractivity contribution in [1.29, 1.82) is 0 Å². The highest BCUT2D eigenvalue weighted by Gasteiger charge is 2.20. The van der Waals surface area contributed by atoms with Crippen molar-refractivity contribution in [3.05, 3.63) is 30.7 Å². The SMILES string of the molecule is Cn1cc(-c2cn(COCC[Si](C)(C)C)c3ncccc23)c(OC(F)F)n1. The minimum absolute atomic E-state index is 0.102. The van der Waals surface area contributed by atoms with Gasteiger partial charge in [0, 0.05) is 51.3 Å². The third kappa shape index (κ3) is 4.72. The average Bonchev–Trinajstić information content (AvgIpc) is 3.11. The summed E-state index contributed by atoms with van der Waals surface area (Å²) in [4.78, 5) is 4.43. The molecule has 0 bridgehead atoms. The molecule has 0 saturated carbocycles. The van der Waals surface area contributed by atoms with Crippen LogP contribution in [0.15, 0.2) is 30.7 Å². The third-order valence-corrected chi connectivity index (χ3v) is 5.85. The Kier molecular flexibility index (Phi) is 5.61. The summed E-state index contributed by atoms with van der Waals surface area (Å²) in [6, 6.07) is 4.78. The van der Waals surface area contributed by atoms with Crippen molar-refractivity contribution in [2.45, 2.75) is 39.0 Å². The number of pyridine rings is 1. The van der Waals surface area contributed by atoms with Crippen molar-refractivity contribution in [3.8, 4) is 17.0 Å².